The van der Waals surface area contributed by atoms with Gasteiger partial charge in [-0.2, -0.15) is 0 Å². The predicted octanol–water partition coefficient (Wildman–Crippen LogP) is 5.38. The van der Waals surface area contributed by atoms with Crippen LogP contribution in [0.2, 0.25) is 0 Å². The number of benzene rings is 1. The van der Waals surface area contributed by atoms with Gasteiger partial charge in [0.15, 0.2) is 6.10 Å². The Hall–Kier alpha value is -3.46. The first-order valence-electron chi connectivity index (χ1n) is 12.3. The number of esters is 2. The van der Waals surface area contributed by atoms with Crippen molar-refractivity contribution in [3.8, 4) is 11.4 Å². The average Bonchev–Trinajstić information content (AvgIpc) is 3.41. The van der Waals surface area contributed by atoms with Gasteiger partial charge in [0.05, 0.1) is 23.4 Å². The second-order valence-electron chi connectivity index (χ2n) is 8.80. The highest BCUT2D eigenvalue weighted by Crippen LogP contribution is 2.38. The number of carbonyl (C=O) groups excluding carboxylic acids is 3. The number of anilines is 1. The van der Waals surface area contributed by atoms with Crippen molar-refractivity contribution in [3.05, 3.63) is 57.2 Å². The van der Waals surface area contributed by atoms with Crippen molar-refractivity contribution in [2.24, 2.45) is 0 Å². The van der Waals surface area contributed by atoms with E-state index in [1.54, 1.807) is 38.1 Å². The lowest BCUT2D eigenvalue weighted by molar-refractivity contribution is -0.124. The zero-order valence-electron chi connectivity index (χ0n) is 21.0. The predicted molar refractivity (Wildman–Crippen MR) is 139 cm³/mol. The third kappa shape index (κ3) is 5.36. The van der Waals surface area contributed by atoms with E-state index in [1.165, 1.54) is 11.3 Å². The van der Waals surface area contributed by atoms with Crippen molar-refractivity contribution in [1.82, 2.24) is 9.97 Å². The van der Waals surface area contributed by atoms with Crippen molar-refractivity contribution in [1.29, 1.82) is 0 Å². The maximum absolute atomic E-state index is 13.1. The second kappa shape index (κ2) is 11.1. The van der Waals surface area contributed by atoms with Gasteiger partial charge >= 0.3 is 11.9 Å². The molecule has 2 N–H and O–H groups in total. The van der Waals surface area contributed by atoms with E-state index in [9.17, 15) is 14.4 Å². The number of aryl methyl sites for hydroxylation is 3. The van der Waals surface area contributed by atoms with Gasteiger partial charge in [-0.1, -0.05) is 19.1 Å². The fraction of sp³-hybridized carbons (Fsp3) is 0.407. The number of hydrogen-bond donors (Lipinski definition) is 2. The Morgan fingerprint density at radius 1 is 1.08 bits per heavy atom. The Kier molecular flexibility index (Phi) is 7.88. The SMILES string of the molecule is CCOC(=O)c1c(NC(=O)C(CC)OC(=O)c2ccc(-c3nc(C)c(C)[nH]3)cc2)sc2c1CCCC2. The Bertz CT molecular complexity index is 1260. The molecule has 9 heteroatoms. The molecule has 4 rings (SSSR count). The topological polar surface area (TPSA) is 110 Å². The van der Waals surface area contributed by atoms with Crippen molar-refractivity contribution >= 4 is 34.2 Å². The fourth-order valence-electron chi connectivity index (χ4n) is 4.23. The number of hydrogen-bond acceptors (Lipinski definition) is 7. The molecule has 1 aromatic carbocycles. The second-order valence-corrected chi connectivity index (χ2v) is 9.91. The van der Waals surface area contributed by atoms with Crippen LogP contribution in [0.4, 0.5) is 5.00 Å². The largest absolute Gasteiger partial charge is 0.462 e. The summed E-state index contributed by atoms with van der Waals surface area (Å²) in [6.07, 6.45) is 3.01. The van der Waals surface area contributed by atoms with Crippen LogP contribution in [0.15, 0.2) is 24.3 Å². The summed E-state index contributed by atoms with van der Waals surface area (Å²) < 4.78 is 10.8. The number of ether oxygens (including phenoxy) is 2. The van der Waals surface area contributed by atoms with E-state index in [-0.39, 0.29) is 6.61 Å². The van der Waals surface area contributed by atoms with E-state index in [0.717, 1.165) is 58.9 Å². The molecule has 2 heterocycles. The van der Waals surface area contributed by atoms with E-state index >= 15 is 0 Å². The van der Waals surface area contributed by atoms with Crippen LogP contribution in [0.1, 0.15) is 75.7 Å². The lowest BCUT2D eigenvalue weighted by Gasteiger charge is -2.16. The van der Waals surface area contributed by atoms with Gasteiger partial charge in [-0.3, -0.25) is 4.79 Å². The molecule has 2 aromatic heterocycles. The molecule has 3 aromatic rings. The monoisotopic (exact) mass is 509 g/mol. The number of aromatic nitrogens is 2. The number of fused-ring (bicyclic) bond motifs is 1. The summed E-state index contributed by atoms with van der Waals surface area (Å²) in [5.41, 5.74) is 4.49. The van der Waals surface area contributed by atoms with Gasteiger partial charge in [-0.05, 0) is 70.6 Å². The molecule has 0 radical (unpaired) electrons. The molecule has 1 unspecified atom stereocenters. The van der Waals surface area contributed by atoms with E-state index < -0.39 is 23.9 Å². The first-order chi connectivity index (χ1) is 17.3. The molecule has 1 aliphatic rings. The minimum absolute atomic E-state index is 0.254. The first-order valence-corrected chi connectivity index (χ1v) is 13.1. The molecule has 8 nitrogen and oxygen atoms in total. The van der Waals surface area contributed by atoms with Gasteiger partial charge in [0.1, 0.15) is 10.8 Å². The normalized spacial score (nSPS) is 13.6. The maximum atomic E-state index is 13.1. The molecule has 1 aliphatic carbocycles. The zero-order valence-corrected chi connectivity index (χ0v) is 21.8. The Labute approximate surface area is 214 Å². The molecule has 36 heavy (non-hydrogen) atoms. The molecule has 0 aliphatic heterocycles. The molecule has 0 fully saturated rings. The number of amides is 1. The molecule has 0 saturated carbocycles. The molecular weight excluding hydrogens is 478 g/mol. The van der Waals surface area contributed by atoms with E-state index in [0.29, 0.717) is 22.5 Å². The van der Waals surface area contributed by atoms with Gasteiger partial charge in [-0.15, -0.1) is 11.3 Å². The summed E-state index contributed by atoms with van der Waals surface area (Å²) in [5.74, 6) is -0.759. The van der Waals surface area contributed by atoms with Crippen molar-refractivity contribution in [2.45, 2.75) is 65.9 Å². The Morgan fingerprint density at radius 2 is 1.81 bits per heavy atom. The van der Waals surface area contributed by atoms with Crippen LogP contribution in [0.5, 0.6) is 0 Å². The molecule has 0 saturated heterocycles. The van der Waals surface area contributed by atoms with Crippen LogP contribution in [0.3, 0.4) is 0 Å². The summed E-state index contributed by atoms with van der Waals surface area (Å²) in [4.78, 5) is 47.4. The number of rotatable bonds is 8. The molecular formula is C27H31N3O5S. The van der Waals surface area contributed by atoms with Crippen molar-refractivity contribution < 1.29 is 23.9 Å². The fourth-order valence-corrected chi connectivity index (χ4v) is 5.51. The number of carbonyl (C=O) groups is 3. The van der Waals surface area contributed by atoms with Crippen molar-refractivity contribution in [3.63, 3.8) is 0 Å². The summed E-state index contributed by atoms with van der Waals surface area (Å²) in [5, 5.41) is 3.31. The van der Waals surface area contributed by atoms with E-state index in [4.69, 9.17) is 9.47 Å². The highest BCUT2D eigenvalue weighted by Gasteiger charge is 2.29. The van der Waals surface area contributed by atoms with Crippen LogP contribution >= 0.6 is 11.3 Å². The number of thiophene rings is 1. The van der Waals surface area contributed by atoms with Crippen LogP contribution in [0, 0.1) is 13.8 Å². The third-order valence-electron chi connectivity index (χ3n) is 6.32. The maximum Gasteiger partial charge on any atom is 0.341 e. The minimum Gasteiger partial charge on any atom is -0.462 e. The van der Waals surface area contributed by atoms with Crippen LogP contribution < -0.4 is 5.32 Å². The number of imidazole rings is 1. The summed E-state index contributed by atoms with van der Waals surface area (Å²) in [6.45, 7) is 7.66. The van der Waals surface area contributed by atoms with Crippen LogP contribution in [-0.4, -0.2) is 40.5 Å². The zero-order chi connectivity index (χ0) is 25.8. The summed E-state index contributed by atoms with van der Waals surface area (Å²) in [6, 6.07) is 6.89. The number of nitrogens with one attached hydrogen (secondary N) is 2. The Morgan fingerprint density at radius 3 is 2.44 bits per heavy atom. The number of aromatic amines is 1. The molecule has 0 spiro atoms. The lowest BCUT2D eigenvalue weighted by atomic mass is 9.95. The van der Waals surface area contributed by atoms with Crippen molar-refractivity contribution in [2.75, 3.05) is 11.9 Å². The minimum atomic E-state index is -0.998. The molecule has 190 valence electrons. The highest BCUT2D eigenvalue weighted by molar-refractivity contribution is 7.17. The quantitative estimate of drug-likeness (QED) is 0.394. The molecule has 0 bridgehead atoms. The third-order valence-corrected chi connectivity index (χ3v) is 7.53. The van der Waals surface area contributed by atoms with Gasteiger partial charge in [-0.25, -0.2) is 14.6 Å². The van der Waals surface area contributed by atoms with Crippen LogP contribution in [0.25, 0.3) is 11.4 Å². The van der Waals surface area contributed by atoms with Crippen LogP contribution in [-0.2, 0) is 27.1 Å². The summed E-state index contributed by atoms with van der Waals surface area (Å²) >= 11 is 1.41. The lowest BCUT2D eigenvalue weighted by Crippen LogP contribution is -2.32. The standard InChI is InChI=1S/C27H31N3O5S/c1-5-20(35-26(32)18-13-11-17(12-14-18)23-28-15(3)16(4)29-23)24(31)30-25-22(27(33)34-6-2)19-9-7-8-10-21(19)36-25/h11-14,20H,5-10H2,1-4H3,(H,28,29)(H,30,31). The first kappa shape index (κ1) is 25.6. The highest BCUT2D eigenvalue weighted by atomic mass is 32.1. The molecule has 1 amide bonds. The Balaban J connectivity index is 1.47. The van der Waals surface area contributed by atoms with E-state index in [2.05, 4.69) is 15.3 Å². The van der Waals surface area contributed by atoms with E-state index in [1.807, 2.05) is 13.8 Å². The van der Waals surface area contributed by atoms with Gasteiger partial charge in [0.2, 0.25) is 0 Å². The summed E-state index contributed by atoms with van der Waals surface area (Å²) in [7, 11) is 0. The average molecular weight is 510 g/mol. The molecule has 1 atom stereocenters. The number of nitrogens with zero attached hydrogens (tertiary/aromatic N) is 1. The smallest absolute Gasteiger partial charge is 0.341 e. The van der Waals surface area contributed by atoms with Gasteiger partial charge < -0.3 is 19.8 Å². The van der Waals surface area contributed by atoms with Gasteiger partial charge in [0, 0.05) is 16.1 Å². The van der Waals surface area contributed by atoms with Gasteiger partial charge in [0.25, 0.3) is 5.91 Å². The number of H-pyrrole nitrogens is 1.